The fourth-order valence-electron chi connectivity index (χ4n) is 4.05. The van der Waals surface area contributed by atoms with Crippen molar-refractivity contribution in [3.63, 3.8) is 0 Å². The molecule has 1 aromatic carbocycles. The van der Waals surface area contributed by atoms with Gasteiger partial charge in [0, 0.05) is 5.56 Å². The summed E-state index contributed by atoms with van der Waals surface area (Å²) in [6, 6.07) is 1.62. The molecular formula is C27H40O3. The second-order valence-electron chi connectivity index (χ2n) is 9.42. The lowest BCUT2D eigenvalue weighted by Gasteiger charge is -2.36. The lowest BCUT2D eigenvalue weighted by atomic mass is 9.86. The third-order valence-electron chi connectivity index (χ3n) is 6.10. The summed E-state index contributed by atoms with van der Waals surface area (Å²) >= 11 is 0. The van der Waals surface area contributed by atoms with Crippen LogP contribution in [0.25, 0.3) is 0 Å². The van der Waals surface area contributed by atoms with Gasteiger partial charge < -0.3 is 14.9 Å². The standard InChI is InChI=1S/C27H40O3/c1-19(2)10-7-11-20(3)12-8-13-21(4)14-9-16-27(6)17-15-23-22(5)18-24(28)25(29)26(23)30-27/h10,12,14,18,28-29H,7-9,11,13,15-17H2,1-6H3/b20-12+,21-14+. The Morgan fingerprint density at radius 3 is 2.23 bits per heavy atom. The van der Waals surface area contributed by atoms with Gasteiger partial charge in [-0.3, -0.25) is 0 Å². The molecule has 1 aliphatic heterocycles. The van der Waals surface area contributed by atoms with Crippen molar-refractivity contribution >= 4 is 0 Å². The molecule has 1 atom stereocenters. The average molecular weight is 413 g/mol. The number of ether oxygens (including phenoxy) is 1. The van der Waals surface area contributed by atoms with Crippen LogP contribution in [0.15, 0.2) is 41.0 Å². The Kier molecular flexibility index (Phi) is 8.64. The van der Waals surface area contributed by atoms with Gasteiger partial charge in [-0.05, 0) is 105 Å². The molecule has 2 rings (SSSR count). The molecule has 30 heavy (non-hydrogen) atoms. The number of hydrogen-bond donors (Lipinski definition) is 2. The van der Waals surface area contributed by atoms with E-state index in [0.29, 0.717) is 5.75 Å². The van der Waals surface area contributed by atoms with Crippen molar-refractivity contribution in [1.29, 1.82) is 0 Å². The van der Waals surface area contributed by atoms with E-state index in [2.05, 4.69) is 52.8 Å². The molecular weight excluding hydrogens is 372 g/mol. The van der Waals surface area contributed by atoms with Gasteiger partial charge in [0.15, 0.2) is 11.5 Å². The zero-order valence-electron chi connectivity index (χ0n) is 19.8. The second-order valence-corrected chi connectivity index (χ2v) is 9.42. The van der Waals surface area contributed by atoms with Crippen molar-refractivity contribution in [3.8, 4) is 17.2 Å². The lowest BCUT2D eigenvalue weighted by Crippen LogP contribution is -2.36. The van der Waals surface area contributed by atoms with Crippen molar-refractivity contribution in [3.05, 3.63) is 52.1 Å². The van der Waals surface area contributed by atoms with E-state index in [1.165, 1.54) is 16.7 Å². The van der Waals surface area contributed by atoms with E-state index in [1.807, 2.05) is 6.92 Å². The molecule has 3 heteroatoms. The molecule has 1 heterocycles. The van der Waals surface area contributed by atoms with Crippen LogP contribution in [0.5, 0.6) is 17.2 Å². The van der Waals surface area contributed by atoms with Crippen molar-refractivity contribution in [2.24, 2.45) is 0 Å². The van der Waals surface area contributed by atoms with E-state index in [0.717, 1.165) is 62.5 Å². The highest BCUT2D eigenvalue weighted by atomic mass is 16.5. The molecule has 1 aromatic rings. The van der Waals surface area contributed by atoms with Crippen molar-refractivity contribution in [2.75, 3.05) is 0 Å². The number of aromatic hydroxyl groups is 2. The van der Waals surface area contributed by atoms with Gasteiger partial charge >= 0.3 is 0 Å². The minimum absolute atomic E-state index is 0.101. The maximum atomic E-state index is 10.2. The zero-order chi connectivity index (χ0) is 22.3. The van der Waals surface area contributed by atoms with Gasteiger partial charge in [-0.2, -0.15) is 0 Å². The molecule has 1 aliphatic rings. The summed E-state index contributed by atoms with van der Waals surface area (Å²) in [5, 5.41) is 20.2. The Labute approximate surface area is 183 Å². The summed E-state index contributed by atoms with van der Waals surface area (Å²) in [7, 11) is 0. The first-order valence-electron chi connectivity index (χ1n) is 11.3. The van der Waals surface area contributed by atoms with E-state index in [1.54, 1.807) is 6.07 Å². The quantitative estimate of drug-likeness (QED) is 0.323. The summed E-state index contributed by atoms with van der Waals surface area (Å²) in [5.41, 5.74) is 5.95. The van der Waals surface area contributed by atoms with E-state index in [4.69, 9.17) is 4.74 Å². The number of hydrogen-bond acceptors (Lipinski definition) is 3. The van der Waals surface area contributed by atoms with Crippen LogP contribution in [0.4, 0.5) is 0 Å². The Hall–Kier alpha value is -2.16. The fraction of sp³-hybridized carbons (Fsp3) is 0.556. The number of allylic oxidation sites excluding steroid dienone is 6. The Morgan fingerprint density at radius 2 is 1.60 bits per heavy atom. The van der Waals surface area contributed by atoms with Crippen LogP contribution in [-0.4, -0.2) is 15.8 Å². The highest BCUT2D eigenvalue weighted by molar-refractivity contribution is 5.58. The number of benzene rings is 1. The maximum Gasteiger partial charge on any atom is 0.200 e. The van der Waals surface area contributed by atoms with Crippen LogP contribution < -0.4 is 4.74 Å². The monoisotopic (exact) mass is 412 g/mol. The number of rotatable bonds is 9. The number of fused-ring (bicyclic) bond motifs is 1. The summed E-state index contributed by atoms with van der Waals surface area (Å²) in [6.45, 7) is 12.8. The average Bonchev–Trinajstić information content (AvgIpc) is 2.65. The Morgan fingerprint density at radius 1 is 1.00 bits per heavy atom. The summed E-state index contributed by atoms with van der Waals surface area (Å²) < 4.78 is 6.21. The first kappa shape index (κ1) is 24.1. The van der Waals surface area contributed by atoms with E-state index in [-0.39, 0.29) is 17.1 Å². The van der Waals surface area contributed by atoms with Gasteiger partial charge in [-0.1, -0.05) is 34.9 Å². The van der Waals surface area contributed by atoms with Crippen molar-refractivity contribution < 1.29 is 14.9 Å². The molecule has 166 valence electrons. The molecule has 0 bridgehead atoms. The predicted octanol–water partition coefficient (Wildman–Crippen LogP) is 7.69. The van der Waals surface area contributed by atoms with Crippen LogP contribution in [-0.2, 0) is 6.42 Å². The second kappa shape index (κ2) is 10.7. The van der Waals surface area contributed by atoms with E-state index >= 15 is 0 Å². The van der Waals surface area contributed by atoms with Crippen LogP contribution in [0.3, 0.4) is 0 Å². The molecule has 0 amide bonds. The minimum atomic E-state index is -0.317. The molecule has 0 fully saturated rings. The minimum Gasteiger partial charge on any atom is -0.504 e. The first-order chi connectivity index (χ1) is 14.1. The Balaban J connectivity index is 1.84. The molecule has 0 radical (unpaired) electrons. The van der Waals surface area contributed by atoms with Gasteiger partial charge in [-0.15, -0.1) is 0 Å². The van der Waals surface area contributed by atoms with Gasteiger partial charge in [0.25, 0.3) is 0 Å². The zero-order valence-corrected chi connectivity index (χ0v) is 19.8. The molecule has 0 saturated heterocycles. The van der Waals surface area contributed by atoms with Gasteiger partial charge in [0.05, 0.1) is 0 Å². The molecule has 2 N–H and O–H groups in total. The largest absolute Gasteiger partial charge is 0.504 e. The number of phenolic OH excluding ortho intramolecular Hbond substituents is 2. The predicted molar refractivity (Wildman–Crippen MR) is 127 cm³/mol. The SMILES string of the molecule is CC(C)=CCC/C(C)=C/CC/C(C)=C/CCC1(C)CCc2c(C)cc(O)c(O)c2O1. The number of aryl methyl sites for hydroxylation is 1. The van der Waals surface area contributed by atoms with E-state index < -0.39 is 0 Å². The molecule has 3 nitrogen and oxygen atoms in total. The molecule has 0 aliphatic carbocycles. The highest BCUT2D eigenvalue weighted by Gasteiger charge is 2.34. The smallest absolute Gasteiger partial charge is 0.200 e. The lowest BCUT2D eigenvalue weighted by molar-refractivity contribution is 0.0531. The van der Waals surface area contributed by atoms with Gasteiger partial charge in [0.1, 0.15) is 5.60 Å². The molecule has 0 aromatic heterocycles. The summed E-state index contributed by atoms with van der Waals surface area (Å²) in [4.78, 5) is 0. The van der Waals surface area contributed by atoms with Gasteiger partial charge in [-0.25, -0.2) is 0 Å². The molecule has 0 spiro atoms. The van der Waals surface area contributed by atoms with Crippen LogP contribution >= 0.6 is 0 Å². The topological polar surface area (TPSA) is 49.7 Å². The fourth-order valence-corrected chi connectivity index (χ4v) is 4.05. The van der Waals surface area contributed by atoms with Crippen LogP contribution in [0, 0.1) is 6.92 Å². The molecule has 0 saturated carbocycles. The maximum absolute atomic E-state index is 10.2. The van der Waals surface area contributed by atoms with Crippen LogP contribution in [0.2, 0.25) is 0 Å². The normalized spacial score (nSPS) is 19.3. The van der Waals surface area contributed by atoms with Crippen molar-refractivity contribution in [2.45, 2.75) is 98.5 Å². The van der Waals surface area contributed by atoms with Crippen molar-refractivity contribution in [1.82, 2.24) is 0 Å². The number of phenols is 2. The molecule has 1 unspecified atom stereocenters. The highest BCUT2D eigenvalue weighted by Crippen LogP contribution is 2.47. The van der Waals surface area contributed by atoms with E-state index in [9.17, 15) is 10.2 Å². The first-order valence-corrected chi connectivity index (χ1v) is 11.3. The Bertz CT molecular complexity index is 825. The summed E-state index contributed by atoms with van der Waals surface area (Å²) in [5.74, 6) is 0.242. The summed E-state index contributed by atoms with van der Waals surface area (Å²) in [6.07, 6.45) is 15.1. The third-order valence-corrected chi connectivity index (χ3v) is 6.10. The van der Waals surface area contributed by atoms with Gasteiger partial charge in [0.2, 0.25) is 5.75 Å². The third kappa shape index (κ3) is 6.97. The van der Waals surface area contributed by atoms with Crippen LogP contribution in [0.1, 0.15) is 90.7 Å².